The molecule has 2 aromatic heterocycles. The molecule has 0 saturated carbocycles. The van der Waals surface area contributed by atoms with Crippen molar-refractivity contribution in [3.63, 3.8) is 0 Å². The second-order valence-corrected chi connectivity index (χ2v) is 8.00. The van der Waals surface area contributed by atoms with Gasteiger partial charge in [0.05, 0.1) is 17.4 Å². The summed E-state index contributed by atoms with van der Waals surface area (Å²) in [5.41, 5.74) is 0.957. The Labute approximate surface area is 182 Å². The minimum absolute atomic E-state index is 0.144. The lowest BCUT2D eigenvalue weighted by molar-refractivity contribution is -0.131. The summed E-state index contributed by atoms with van der Waals surface area (Å²) in [7, 11) is 3.00. The maximum Gasteiger partial charge on any atom is 0.275 e. The third-order valence-electron chi connectivity index (χ3n) is 4.97. The quantitative estimate of drug-likeness (QED) is 0.459. The number of benzene rings is 2. The number of fused-ring (bicyclic) bond motifs is 1. The molecule has 0 bridgehead atoms. The van der Waals surface area contributed by atoms with Crippen LogP contribution >= 0.6 is 11.3 Å². The molecule has 158 valence electrons. The normalized spacial score (nSPS) is 10.9. The number of rotatable bonds is 6. The van der Waals surface area contributed by atoms with Crippen molar-refractivity contribution in [2.75, 3.05) is 14.2 Å². The van der Waals surface area contributed by atoms with Crippen LogP contribution in [0.2, 0.25) is 0 Å². The van der Waals surface area contributed by atoms with Gasteiger partial charge in [0.15, 0.2) is 11.6 Å². The lowest BCUT2D eigenvalue weighted by atomic mass is 10.1. The molecule has 1 amide bonds. The van der Waals surface area contributed by atoms with E-state index in [0.29, 0.717) is 16.6 Å². The fourth-order valence-corrected chi connectivity index (χ4v) is 4.08. The third-order valence-corrected chi connectivity index (χ3v) is 5.85. The fraction of sp³-hybridized carbons (Fsp3) is 0.174. The molecule has 4 aromatic rings. The van der Waals surface area contributed by atoms with E-state index in [1.807, 2.05) is 29.6 Å². The van der Waals surface area contributed by atoms with Gasteiger partial charge < -0.3 is 9.64 Å². The lowest BCUT2D eigenvalue weighted by Gasteiger charge is -2.18. The summed E-state index contributed by atoms with van der Waals surface area (Å²) in [6, 6.07) is 15.6. The average molecular weight is 437 g/mol. The molecule has 0 atom stereocenters. The van der Waals surface area contributed by atoms with Crippen molar-refractivity contribution in [1.82, 2.24) is 14.7 Å². The minimum Gasteiger partial charge on any atom is -0.494 e. The van der Waals surface area contributed by atoms with E-state index in [1.54, 1.807) is 25.2 Å². The minimum atomic E-state index is -0.492. The van der Waals surface area contributed by atoms with Gasteiger partial charge >= 0.3 is 0 Å². The Kier molecular flexibility index (Phi) is 5.81. The van der Waals surface area contributed by atoms with E-state index in [-0.39, 0.29) is 30.3 Å². The molecule has 31 heavy (non-hydrogen) atoms. The number of carbonyl (C=O) groups is 1. The molecule has 0 spiro atoms. The van der Waals surface area contributed by atoms with E-state index in [9.17, 15) is 14.0 Å². The smallest absolute Gasteiger partial charge is 0.275 e. The highest BCUT2D eigenvalue weighted by atomic mass is 32.1. The van der Waals surface area contributed by atoms with Crippen LogP contribution in [0, 0.1) is 5.82 Å². The number of amides is 1. The molecule has 0 saturated heterocycles. The molecular weight excluding hydrogens is 417 g/mol. The van der Waals surface area contributed by atoms with Crippen molar-refractivity contribution in [3.8, 4) is 16.3 Å². The molecular formula is C23H20FN3O3S. The summed E-state index contributed by atoms with van der Waals surface area (Å²) < 4.78 is 20.1. The SMILES string of the molecule is COc1ccc(CN(C)C(=O)Cn2nc(-c3cccs3)c3ccccc3c2=O)cc1F. The molecule has 0 aliphatic rings. The van der Waals surface area contributed by atoms with Crippen LogP contribution in [0.15, 0.2) is 64.8 Å². The monoisotopic (exact) mass is 437 g/mol. The van der Waals surface area contributed by atoms with Crippen molar-refractivity contribution >= 4 is 28.0 Å². The van der Waals surface area contributed by atoms with E-state index < -0.39 is 5.82 Å². The highest BCUT2D eigenvalue weighted by Crippen LogP contribution is 2.28. The molecule has 2 heterocycles. The molecule has 6 nitrogen and oxygen atoms in total. The number of halogens is 1. The highest BCUT2D eigenvalue weighted by molar-refractivity contribution is 7.13. The maximum absolute atomic E-state index is 13.9. The van der Waals surface area contributed by atoms with Gasteiger partial charge in [-0.25, -0.2) is 9.07 Å². The summed E-state index contributed by atoms with van der Waals surface area (Å²) >= 11 is 1.52. The Morgan fingerprint density at radius 3 is 2.61 bits per heavy atom. The number of hydrogen-bond donors (Lipinski definition) is 0. The van der Waals surface area contributed by atoms with Crippen LogP contribution in [0.3, 0.4) is 0 Å². The van der Waals surface area contributed by atoms with Crippen LogP contribution in [-0.4, -0.2) is 34.7 Å². The van der Waals surface area contributed by atoms with Crippen LogP contribution in [0.1, 0.15) is 5.56 Å². The molecule has 2 aromatic carbocycles. The molecule has 0 N–H and O–H groups in total. The van der Waals surface area contributed by atoms with Gasteiger partial charge in [-0.3, -0.25) is 9.59 Å². The maximum atomic E-state index is 13.9. The summed E-state index contributed by atoms with van der Waals surface area (Å²) in [6.45, 7) is -0.0168. The number of thiophene rings is 1. The second kappa shape index (κ2) is 8.69. The van der Waals surface area contributed by atoms with Gasteiger partial charge in [0.2, 0.25) is 5.91 Å². The van der Waals surface area contributed by atoms with Crippen LogP contribution in [0.5, 0.6) is 5.75 Å². The number of hydrogen-bond acceptors (Lipinski definition) is 5. The summed E-state index contributed by atoms with van der Waals surface area (Å²) in [5.74, 6) is -0.655. The van der Waals surface area contributed by atoms with E-state index in [4.69, 9.17) is 4.74 Å². The van der Waals surface area contributed by atoms with Crippen molar-refractivity contribution in [2.45, 2.75) is 13.1 Å². The first-order valence-corrected chi connectivity index (χ1v) is 10.5. The molecule has 0 fully saturated rings. The molecule has 8 heteroatoms. The Hall–Kier alpha value is -3.52. The van der Waals surface area contributed by atoms with Gasteiger partial charge in [0.1, 0.15) is 12.2 Å². The van der Waals surface area contributed by atoms with E-state index in [2.05, 4.69) is 5.10 Å². The number of aromatic nitrogens is 2. The molecule has 4 rings (SSSR count). The van der Waals surface area contributed by atoms with Crippen LogP contribution in [0.4, 0.5) is 4.39 Å². The van der Waals surface area contributed by atoms with Crippen LogP contribution in [-0.2, 0) is 17.9 Å². The van der Waals surface area contributed by atoms with Crippen molar-refractivity contribution in [3.05, 3.63) is 81.7 Å². The Morgan fingerprint density at radius 2 is 1.94 bits per heavy atom. The van der Waals surface area contributed by atoms with Crippen LogP contribution in [0.25, 0.3) is 21.3 Å². The number of ether oxygens (including phenoxy) is 1. The van der Waals surface area contributed by atoms with Gasteiger partial charge in [-0.15, -0.1) is 11.3 Å². The summed E-state index contributed by atoms with van der Waals surface area (Å²) in [4.78, 5) is 28.1. The van der Waals surface area contributed by atoms with Crippen molar-refractivity contribution < 1.29 is 13.9 Å². The Morgan fingerprint density at radius 1 is 1.16 bits per heavy atom. The van der Waals surface area contributed by atoms with Crippen LogP contribution < -0.4 is 10.3 Å². The zero-order valence-corrected chi connectivity index (χ0v) is 17.9. The lowest BCUT2D eigenvalue weighted by Crippen LogP contribution is -2.35. The topological polar surface area (TPSA) is 64.4 Å². The Balaban J connectivity index is 1.62. The highest BCUT2D eigenvalue weighted by Gasteiger charge is 2.17. The number of likely N-dealkylation sites (N-methyl/N-ethyl adjacent to an activating group) is 1. The largest absolute Gasteiger partial charge is 0.494 e. The summed E-state index contributed by atoms with van der Waals surface area (Å²) in [5, 5.41) is 7.70. The Bertz CT molecular complexity index is 1300. The van der Waals surface area contributed by atoms with E-state index >= 15 is 0 Å². The molecule has 0 aliphatic heterocycles. The second-order valence-electron chi connectivity index (χ2n) is 7.05. The van der Waals surface area contributed by atoms with E-state index in [0.717, 1.165) is 10.3 Å². The molecule has 0 radical (unpaired) electrons. The predicted octanol–water partition coefficient (Wildman–Crippen LogP) is 3.93. The predicted molar refractivity (Wildman–Crippen MR) is 119 cm³/mol. The average Bonchev–Trinajstić information content (AvgIpc) is 3.30. The fourth-order valence-electron chi connectivity index (χ4n) is 3.36. The first-order valence-electron chi connectivity index (χ1n) is 9.58. The van der Waals surface area contributed by atoms with E-state index in [1.165, 1.54) is 40.2 Å². The number of carbonyl (C=O) groups excluding carboxylic acids is 1. The van der Waals surface area contributed by atoms with Gasteiger partial charge in [0, 0.05) is 19.0 Å². The molecule has 0 unspecified atom stereocenters. The van der Waals surface area contributed by atoms with Crippen molar-refractivity contribution in [2.24, 2.45) is 0 Å². The molecule has 0 aliphatic carbocycles. The van der Waals surface area contributed by atoms with Gasteiger partial charge in [-0.05, 0) is 35.2 Å². The third kappa shape index (κ3) is 4.20. The van der Waals surface area contributed by atoms with Gasteiger partial charge in [-0.1, -0.05) is 30.3 Å². The summed E-state index contributed by atoms with van der Waals surface area (Å²) in [6.07, 6.45) is 0. The van der Waals surface area contributed by atoms with Gasteiger partial charge in [0.25, 0.3) is 5.56 Å². The standard InChI is InChI=1S/C23H20FN3O3S/c1-26(13-15-9-10-19(30-2)18(24)12-15)21(28)14-27-23(29)17-7-4-3-6-16(17)22(25-27)20-8-5-11-31-20/h3-12H,13-14H2,1-2H3. The zero-order chi connectivity index (χ0) is 22.0. The number of nitrogens with zero attached hydrogens (tertiary/aromatic N) is 3. The first-order chi connectivity index (χ1) is 15.0. The number of methoxy groups -OCH3 is 1. The zero-order valence-electron chi connectivity index (χ0n) is 17.0. The van der Waals surface area contributed by atoms with Crippen molar-refractivity contribution in [1.29, 1.82) is 0 Å². The van der Waals surface area contributed by atoms with Gasteiger partial charge in [-0.2, -0.15) is 5.10 Å². The first kappa shape index (κ1) is 20.7.